The number of nitriles is 1. The van der Waals surface area contributed by atoms with Crippen LogP contribution in [-0.2, 0) is 9.47 Å². The average Bonchev–Trinajstić information content (AvgIpc) is 2.23. The van der Waals surface area contributed by atoms with Crippen LogP contribution in [0.4, 0.5) is 4.79 Å². The van der Waals surface area contributed by atoms with Gasteiger partial charge in [-0.1, -0.05) is 0 Å². The molecule has 1 rings (SSSR count). The van der Waals surface area contributed by atoms with Crippen molar-refractivity contribution in [3.63, 3.8) is 0 Å². The van der Waals surface area contributed by atoms with E-state index in [9.17, 15) is 4.79 Å². The molecular formula is C12H21N3O3. The minimum atomic E-state index is -0.510. The molecule has 1 fully saturated rings. The first-order valence-electron chi connectivity index (χ1n) is 6.00. The summed E-state index contributed by atoms with van der Waals surface area (Å²) in [4.78, 5) is 13.5. The smallest absolute Gasteiger partial charge is 0.407 e. The highest BCUT2D eigenvalue weighted by atomic mass is 16.6. The van der Waals surface area contributed by atoms with Crippen molar-refractivity contribution in [2.24, 2.45) is 0 Å². The van der Waals surface area contributed by atoms with Crippen LogP contribution in [0.1, 0.15) is 20.8 Å². The van der Waals surface area contributed by atoms with E-state index in [0.29, 0.717) is 19.6 Å². The lowest BCUT2D eigenvalue weighted by Gasteiger charge is -2.33. The van der Waals surface area contributed by atoms with Crippen molar-refractivity contribution >= 4 is 6.09 Å². The SMILES string of the molecule is CN1C[C@@H](CNC(=O)OC(C)(C)C)O[C@H](C#N)C1. The zero-order valence-corrected chi connectivity index (χ0v) is 11.4. The van der Waals surface area contributed by atoms with Gasteiger partial charge in [-0.3, -0.25) is 0 Å². The highest BCUT2D eigenvalue weighted by molar-refractivity contribution is 5.67. The Bertz CT molecular complexity index is 332. The molecule has 0 unspecified atom stereocenters. The molecule has 0 aliphatic carbocycles. The first-order chi connectivity index (χ1) is 8.30. The van der Waals surface area contributed by atoms with Crippen LogP contribution in [0, 0.1) is 11.3 Å². The number of alkyl carbamates (subject to hydrolysis) is 1. The molecule has 0 aromatic carbocycles. The molecule has 6 nitrogen and oxygen atoms in total. The predicted molar refractivity (Wildman–Crippen MR) is 66.0 cm³/mol. The van der Waals surface area contributed by atoms with E-state index in [1.54, 1.807) is 0 Å². The first kappa shape index (κ1) is 14.7. The lowest BCUT2D eigenvalue weighted by atomic mass is 10.2. The lowest BCUT2D eigenvalue weighted by molar-refractivity contribution is -0.0521. The van der Waals surface area contributed by atoms with E-state index < -0.39 is 17.8 Å². The molecule has 0 spiro atoms. The largest absolute Gasteiger partial charge is 0.444 e. The molecule has 0 bridgehead atoms. The van der Waals surface area contributed by atoms with E-state index in [2.05, 4.69) is 11.4 Å². The molecular weight excluding hydrogens is 234 g/mol. The third kappa shape index (κ3) is 5.34. The van der Waals surface area contributed by atoms with E-state index in [-0.39, 0.29) is 6.10 Å². The molecule has 1 amide bonds. The number of morpholine rings is 1. The fraction of sp³-hybridized carbons (Fsp3) is 0.833. The summed E-state index contributed by atoms with van der Waals surface area (Å²) >= 11 is 0. The van der Waals surface area contributed by atoms with Crippen LogP contribution in [0.2, 0.25) is 0 Å². The van der Waals surface area contributed by atoms with E-state index in [1.165, 1.54) is 0 Å². The number of hydrogen-bond donors (Lipinski definition) is 1. The summed E-state index contributed by atoms with van der Waals surface area (Å²) in [6.07, 6.45) is -1.08. The summed E-state index contributed by atoms with van der Waals surface area (Å²) < 4.78 is 10.6. The number of amides is 1. The molecule has 2 atom stereocenters. The average molecular weight is 255 g/mol. The van der Waals surface area contributed by atoms with Crippen LogP contribution in [0.15, 0.2) is 0 Å². The van der Waals surface area contributed by atoms with Crippen molar-refractivity contribution in [3.8, 4) is 6.07 Å². The molecule has 102 valence electrons. The Balaban J connectivity index is 2.35. The van der Waals surface area contributed by atoms with Crippen LogP contribution in [0.3, 0.4) is 0 Å². The Hall–Kier alpha value is -1.32. The van der Waals surface area contributed by atoms with E-state index >= 15 is 0 Å². The summed E-state index contributed by atoms with van der Waals surface area (Å²) in [5, 5.41) is 11.5. The summed E-state index contributed by atoms with van der Waals surface area (Å²) in [7, 11) is 1.92. The maximum Gasteiger partial charge on any atom is 0.407 e. The molecule has 1 saturated heterocycles. The fourth-order valence-corrected chi connectivity index (χ4v) is 1.72. The molecule has 0 radical (unpaired) electrons. The monoisotopic (exact) mass is 255 g/mol. The number of nitrogens with zero attached hydrogens (tertiary/aromatic N) is 2. The van der Waals surface area contributed by atoms with Gasteiger partial charge in [0.05, 0.1) is 12.2 Å². The Kier molecular flexibility index (Phi) is 4.93. The van der Waals surface area contributed by atoms with Gasteiger partial charge in [-0.2, -0.15) is 5.26 Å². The number of nitrogens with one attached hydrogen (secondary N) is 1. The van der Waals surface area contributed by atoms with Crippen molar-refractivity contribution in [3.05, 3.63) is 0 Å². The van der Waals surface area contributed by atoms with E-state index in [0.717, 1.165) is 0 Å². The molecule has 1 N–H and O–H groups in total. The molecule has 1 aliphatic rings. The van der Waals surface area contributed by atoms with Gasteiger partial charge in [0, 0.05) is 19.6 Å². The van der Waals surface area contributed by atoms with Crippen molar-refractivity contribution in [1.29, 1.82) is 5.26 Å². The number of carbonyl (C=O) groups is 1. The summed E-state index contributed by atoms with van der Waals surface area (Å²) in [5.74, 6) is 0. The second-order valence-electron chi connectivity index (χ2n) is 5.48. The number of carbonyl (C=O) groups excluding carboxylic acids is 1. The zero-order valence-electron chi connectivity index (χ0n) is 11.4. The first-order valence-corrected chi connectivity index (χ1v) is 6.00. The maximum atomic E-state index is 11.5. The highest BCUT2D eigenvalue weighted by Gasteiger charge is 2.26. The Morgan fingerprint density at radius 1 is 1.56 bits per heavy atom. The number of ether oxygens (including phenoxy) is 2. The predicted octanol–water partition coefficient (Wildman–Crippen LogP) is 0.734. The van der Waals surface area contributed by atoms with Gasteiger partial charge in [-0.25, -0.2) is 4.79 Å². The van der Waals surface area contributed by atoms with Gasteiger partial charge in [-0.15, -0.1) is 0 Å². The Morgan fingerprint density at radius 3 is 2.78 bits per heavy atom. The third-order valence-corrected chi connectivity index (χ3v) is 2.37. The van der Waals surface area contributed by atoms with Crippen LogP contribution < -0.4 is 5.32 Å². The molecule has 1 heterocycles. The van der Waals surface area contributed by atoms with Gasteiger partial charge in [0.1, 0.15) is 5.60 Å². The summed E-state index contributed by atoms with van der Waals surface area (Å²) in [6.45, 7) is 7.06. The van der Waals surface area contributed by atoms with Crippen LogP contribution in [0.25, 0.3) is 0 Å². The van der Waals surface area contributed by atoms with Gasteiger partial charge < -0.3 is 19.7 Å². The minimum Gasteiger partial charge on any atom is -0.444 e. The summed E-state index contributed by atoms with van der Waals surface area (Å²) in [5.41, 5.74) is -0.510. The lowest BCUT2D eigenvalue weighted by Crippen LogP contribution is -2.50. The second-order valence-corrected chi connectivity index (χ2v) is 5.48. The van der Waals surface area contributed by atoms with Gasteiger partial charge in [0.2, 0.25) is 0 Å². The van der Waals surface area contributed by atoms with Crippen molar-refractivity contribution in [1.82, 2.24) is 10.2 Å². The second kappa shape index (κ2) is 6.03. The molecule has 0 aromatic rings. The van der Waals surface area contributed by atoms with Crippen LogP contribution in [-0.4, -0.2) is 55.5 Å². The van der Waals surface area contributed by atoms with Crippen LogP contribution in [0.5, 0.6) is 0 Å². The maximum absolute atomic E-state index is 11.5. The van der Waals surface area contributed by atoms with Crippen LogP contribution >= 0.6 is 0 Å². The number of hydrogen-bond acceptors (Lipinski definition) is 5. The zero-order chi connectivity index (χ0) is 13.8. The van der Waals surface area contributed by atoms with Gasteiger partial charge >= 0.3 is 6.09 Å². The van der Waals surface area contributed by atoms with Crippen molar-refractivity contribution in [2.75, 3.05) is 26.7 Å². The molecule has 0 aromatic heterocycles. The number of rotatable bonds is 2. The third-order valence-electron chi connectivity index (χ3n) is 2.37. The van der Waals surface area contributed by atoms with Crippen molar-refractivity contribution in [2.45, 2.75) is 38.6 Å². The Morgan fingerprint density at radius 2 is 2.22 bits per heavy atom. The standard InChI is InChI=1S/C12H21N3O3/c1-12(2,3)18-11(16)14-6-10-8-15(4)7-9(5-13)17-10/h9-10H,6-8H2,1-4H3,(H,14,16)/t9-,10-/m1/s1. The molecule has 0 saturated carbocycles. The molecule has 18 heavy (non-hydrogen) atoms. The van der Waals surface area contributed by atoms with E-state index in [4.69, 9.17) is 14.7 Å². The van der Waals surface area contributed by atoms with Gasteiger partial charge in [0.25, 0.3) is 0 Å². The fourth-order valence-electron chi connectivity index (χ4n) is 1.72. The quantitative estimate of drug-likeness (QED) is 0.787. The molecule has 1 aliphatic heterocycles. The minimum absolute atomic E-state index is 0.180. The van der Waals surface area contributed by atoms with E-state index in [1.807, 2.05) is 32.7 Å². The number of likely N-dealkylation sites (N-methyl/N-ethyl adjacent to an activating group) is 1. The van der Waals surface area contributed by atoms with Gasteiger partial charge in [-0.05, 0) is 27.8 Å². The van der Waals surface area contributed by atoms with Crippen molar-refractivity contribution < 1.29 is 14.3 Å². The Labute approximate surface area is 108 Å². The summed E-state index contributed by atoms with van der Waals surface area (Å²) in [6, 6.07) is 2.08. The molecule has 6 heteroatoms. The topological polar surface area (TPSA) is 74.6 Å². The van der Waals surface area contributed by atoms with Gasteiger partial charge in [0.15, 0.2) is 6.10 Å². The highest BCUT2D eigenvalue weighted by Crippen LogP contribution is 2.09. The normalized spacial score (nSPS) is 25.3.